The topological polar surface area (TPSA) is 64.0 Å². The van der Waals surface area contributed by atoms with Gasteiger partial charge in [-0.3, -0.25) is 9.36 Å². The van der Waals surface area contributed by atoms with E-state index in [4.69, 9.17) is 0 Å². The number of ketones is 1. The van der Waals surface area contributed by atoms with Crippen LogP contribution in [-0.2, 0) is 24.2 Å². The van der Waals surface area contributed by atoms with Crippen LogP contribution in [0.25, 0.3) is 10.9 Å². The minimum atomic E-state index is -0.225. The summed E-state index contributed by atoms with van der Waals surface area (Å²) in [5, 5.41) is 4.44. The van der Waals surface area contributed by atoms with Gasteiger partial charge < -0.3 is 5.32 Å². The number of benzene rings is 3. The van der Waals surface area contributed by atoms with Crippen molar-refractivity contribution in [3.63, 3.8) is 0 Å². The van der Waals surface area contributed by atoms with Crippen LogP contribution in [0.4, 0.5) is 5.82 Å². The maximum atomic E-state index is 12.7. The van der Waals surface area contributed by atoms with Crippen LogP contribution in [0, 0.1) is 13.8 Å². The van der Waals surface area contributed by atoms with Gasteiger partial charge in [0.1, 0.15) is 11.6 Å². The van der Waals surface area contributed by atoms with E-state index in [9.17, 15) is 9.59 Å². The van der Waals surface area contributed by atoms with Crippen LogP contribution in [0.1, 0.15) is 33.7 Å². The van der Waals surface area contributed by atoms with E-state index >= 15 is 0 Å². The molecule has 0 bridgehead atoms. The van der Waals surface area contributed by atoms with E-state index in [2.05, 4.69) is 35.4 Å². The summed E-state index contributed by atoms with van der Waals surface area (Å²) in [7, 11) is 0. The molecule has 1 N–H and O–H groups in total. The van der Waals surface area contributed by atoms with Crippen LogP contribution in [-0.4, -0.2) is 21.9 Å². The first-order valence-electron chi connectivity index (χ1n) is 11.4. The quantitative estimate of drug-likeness (QED) is 0.497. The first-order chi connectivity index (χ1) is 16.0. The van der Waals surface area contributed by atoms with Gasteiger partial charge in [0.25, 0.3) is 0 Å². The number of hydrogen-bond donors (Lipinski definition) is 1. The number of carbonyl (C=O) groups is 1. The Bertz CT molecular complexity index is 1420. The van der Waals surface area contributed by atoms with Crippen molar-refractivity contribution in [2.45, 2.75) is 39.2 Å². The maximum Gasteiger partial charge on any atom is 0.349 e. The molecule has 3 aromatic carbocycles. The molecular weight excluding hydrogens is 410 g/mol. The predicted molar refractivity (Wildman–Crippen MR) is 132 cm³/mol. The molecule has 33 heavy (non-hydrogen) atoms. The second-order valence-corrected chi connectivity index (χ2v) is 9.02. The molecule has 4 aromatic rings. The van der Waals surface area contributed by atoms with Crippen molar-refractivity contribution >= 4 is 22.5 Å². The zero-order chi connectivity index (χ0) is 22.9. The number of para-hydroxylation sites is 1. The smallest absolute Gasteiger partial charge is 0.349 e. The highest BCUT2D eigenvalue weighted by atomic mass is 16.1. The molecule has 2 heterocycles. The van der Waals surface area contributed by atoms with Gasteiger partial charge in [0.2, 0.25) is 0 Å². The minimum Gasteiger partial charge on any atom is -0.370 e. The van der Waals surface area contributed by atoms with E-state index in [0.29, 0.717) is 19.4 Å². The molecule has 5 nitrogen and oxygen atoms in total. The summed E-state index contributed by atoms with van der Waals surface area (Å²) in [6, 6.07) is 22.1. The Morgan fingerprint density at radius 1 is 1.00 bits per heavy atom. The van der Waals surface area contributed by atoms with Crippen LogP contribution in [0.3, 0.4) is 0 Å². The summed E-state index contributed by atoms with van der Waals surface area (Å²) in [4.78, 5) is 29.5. The van der Waals surface area contributed by atoms with Gasteiger partial charge in [-0.2, -0.15) is 4.98 Å². The van der Waals surface area contributed by atoms with Gasteiger partial charge in [-0.25, -0.2) is 4.79 Å². The number of nitrogens with zero attached hydrogens (tertiary/aromatic N) is 2. The zero-order valence-electron chi connectivity index (χ0n) is 19.0. The number of carbonyl (C=O) groups excluding carboxylic acids is 1. The standard InChI is InChI=1S/C28H27N3O2/c1-18-6-5-7-20(12-18)14-23(32)15-21-10-11-24(19(2)13-21)22-16-29-27-25-8-3-4-9-26(25)30-28(33)31(27)17-22/h3-13,22,29H,14-17H2,1-2H3. The highest BCUT2D eigenvalue weighted by Gasteiger charge is 2.24. The Labute approximate surface area is 193 Å². The van der Waals surface area contributed by atoms with Crippen molar-refractivity contribution in [1.29, 1.82) is 0 Å². The van der Waals surface area contributed by atoms with Gasteiger partial charge in [-0.1, -0.05) is 60.2 Å². The fourth-order valence-corrected chi connectivity index (χ4v) is 4.89. The van der Waals surface area contributed by atoms with Gasteiger partial charge in [0.15, 0.2) is 0 Å². The fourth-order valence-electron chi connectivity index (χ4n) is 4.89. The minimum absolute atomic E-state index is 0.162. The third-order valence-electron chi connectivity index (χ3n) is 6.45. The van der Waals surface area contributed by atoms with E-state index in [1.54, 1.807) is 4.57 Å². The lowest BCUT2D eigenvalue weighted by molar-refractivity contribution is -0.117. The van der Waals surface area contributed by atoms with Crippen molar-refractivity contribution < 1.29 is 4.79 Å². The number of anilines is 1. The maximum absolute atomic E-state index is 12.7. The number of fused-ring (bicyclic) bond motifs is 3. The van der Waals surface area contributed by atoms with Crippen molar-refractivity contribution in [3.8, 4) is 0 Å². The molecule has 0 saturated carbocycles. The van der Waals surface area contributed by atoms with Crippen molar-refractivity contribution in [2.75, 3.05) is 11.9 Å². The summed E-state index contributed by atoms with van der Waals surface area (Å²) >= 11 is 0. The lowest BCUT2D eigenvalue weighted by atomic mass is 9.90. The Hall–Kier alpha value is -3.73. The molecule has 1 aliphatic rings. The van der Waals surface area contributed by atoms with E-state index < -0.39 is 0 Å². The molecule has 0 saturated heterocycles. The molecule has 1 aliphatic heterocycles. The summed E-state index contributed by atoms with van der Waals surface area (Å²) in [5.74, 6) is 1.22. The number of hydrogen-bond acceptors (Lipinski definition) is 4. The lowest BCUT2D eigenvalue weighted by Gasteiger charge is -2.29. The molecule has 5 rings (SSSR count). The first-order valence-corrected chi connectivity index (χ1v) is 11.4. The van der Waals surface area contributed by atoms with Crippen LogP contribution >= 0.6 is 0 Å². The molecule has 0 amide bonds. The Morgan fingerprint density at radius 2 is 1.79 bits per heavy atom. The van der Waals surface area contributed by atoms with E-state index in [-0.39, 0.29) is 17.4 Å². The first kappa shape index (κ1) is 21.1. The molecule has 0 aliphatic carbocycles. The molecule has 5 heteroatoms. The number of aromatic nitrogens is 2. The number of aryl methyl sites for hydroxylation is 2. The Kier molecular flexibility index (Phi) is 5.55. The molecule has 1 aromatic heterocycles. The van der Waals surface area contributed by atoms with Gasteiger partial charge in [-0.15, -0.1) is 0 Å². The summed E-state index contributed by atoms with van der Waals surface area (Å²) in [6.45, 7) is 5.47. The number of nitrogens with one attached hydrogen (secondary N) is 1. The molecule has 1 unspecified atom stereocenters. The summed E-state index contributed by atoms with van der Waals surface area (Å²) < 4.78 is 1.75. The molecular formula is C28H27N3O2. The van der Waals surface area contributed by atoms with Crippen LogP contribution in [0.5, 0.6) is 0 Å². The predicted octanol–water partition coefficient (Wildman–Crippen LogP) is 4.58. The number of Topliss-reactive ketones (excluding diaryl/α,β-unsaturated/α-hetero) is 1. The molecule has 0 fully saturated rings. The summed E-state index contributed by atoms with van der Waals surface area (Å²) in [6.07, 6.45) is 0.881. The van der Waals surface area contributed by atoms with Crippen LogP contribution in [0.15, 0.2) is 71.5 Å². The highest BCUT2D eigenvalue weighted by Crippen LogP contribution is 2.30. The third kappa shape index (κ3) is 4.31. The van der Waals surface area contributed by atoms with Gasteiger partial charge in [0.05, 0.1) is 5.52 Å². The van der Waals surface area contributed by atoms with Gasteiger partial charge in [-0.05, 0) is 48.2 Å². The molecule has 1 atom stereocenters. The molecule has 166 valence electrons. The van der Waals surface area contributed by atoms with Crippen molar-refractivity contribution in [3.05, 3.63) is 105 Å². The average Bonchev–Trinajstić information content (AvgIpc) is 2.79. The van der Waals surface area contributed by atoms with E-state index in [0.717, 1.165) is 40.0 Å². The van der Waals surface area contributed by atoms with Crippen molar-refractivity contribution in [1.82, 2.24) is 9.55 Å². The molecule has 0 spiro atoms. The van der Waals surface area contributed by atoms with Crippen molar-refractivity contribution in [2.24, 2.45) is 0 Å². The highest BCUT2D eigenvalue weighted by molar-refractivity contribution is 5.89. The van der Waals surface area contributed by atoms with Gasteiger partial charge in [0, 0.05) is 37.2 Å². The van der Waals surface area contributed by atoms with Crippen LogP contribution in [0.2, 0.25) is 0 Å². The largest absolute Gasteiger partial charge is 0.370 e. The van der Waals surface area contributed by atoms with E-state index in [1.807, 2.05) is 55.5 Å². The Morgan fingerprint density at radius 3 is 2.58 bits per heavy atom. The zero-order valence-corrected chi connectivity index (χ0v) is 19.0. The van der Waals surface area contributed by atoms with Crippen LogP contribution < -0.4 is 11.0 Å². The number of rotatable bonds is 5. The second-order valence-electron chi connectivity index (χ2n) is 9.02. The second kappa shape index (κ2) is 8.66. The Balaban J connectivity index is 1.33. The lowest BCUT2D eigenvalue weighted by Crippen LogP contribution is -2.35. The fraction of sp³-hybridized carbons (Fsp3) is 0.250. The third-order valence-corrected chi connectivity index (χ3v) is 6.45. The average molecular weight is 438 g/mol. The normalized spacial score (nSPS) is 15.2. The summed E-state index contributed by atoms with van der Waals surface area (Å²) in [5.41, 5.74) is 6.10. The molecule has 0 radical (unpaired) electrons. The van der Waals surface area contributed by atoms with E-state index in [1.165, 1.54) is 11.1 Å². The SMILES string of the molecule is Cc1cccc(CC(=O)Cc2ccc(C3CNc4c5ccccc5nc(=O)n4C3)c(C)c2)c1. The van der Waals surface area contributed by atoms with Gasteiger partial charge >= 0.3 is 5.69 Å². The monoisotopic (exact) mass is 437 g/mol.